The van der Waals surface area contributed by atoms with Crippen LogP contribution in [0.3, 0.4) is 0 Å². The Morgan fingerprint density at radius 3 is 2.60 bits per heavy atom. The van der Waals surface area contributed by atoms with Gasteiger partial charge in [0.1, 0.15) is 5.82 Å². The smallest absolute Gasteiger partial charge is 0.106 e. The van der Waals surface area contributed by atoms with Gasteiger partial charge in [-0.3, -0.25) is 0 Å². The van der Waals surface area contributed by atoms with Crippen LogP contribution in [-0.2, 0) is 12.8 Å². The van der Waals surface area contributed by atoms with Gasteiger partial charge < -0.3 is 10.3 Å². The van der Waals surface area contributed by atoms with Crippen molar-refractivity contribution in [2.75, 3.05) is 0 Å². The van der Waals surface area contributed by atoms with Crippen LogP contribution in [0.4, 0.5) is 0 Å². The van der Waals surface area contributed by atoms with Crippen LogP contribution in [0.25, 0.3) is 0 Å². The molecule has 0 aliphatic heterocycles. The molecule has 0 radical (unpaired) electrons. The van der Waals surface area contributed by atoms with Crippen LogP contribution in [-0.4, -0.2) is 9.55 Å². The first kappa shape index (κ1) is 13.4. The summed E-state index contributed by atoms with van der Waals surface area (Å²) in [5, 5.41) is 0. The number of nitrogens with two attached hydrogens (primary N) is 1. The van der Waals surface area contributed by atoms with Gasteiger partial charge in [-0.15, -0.1) is 0 Å². The first-order chi connectivity index (χ1) is 9.68. The average Bonchev–Trinajstić information content (AvgIpc) is 2.82. The number of hydrogen-bond donors (Lipinski definition) is 1. The molecule has 0 spiro atoms. The maximum absolute atomic E-state index is 6.48. The summed E-state index contributed by atoms with van der Waals surface area (Å²) in [5.41, 5.74) is 10.4. The van der Waals surface area contributed by atoms with Crippen LogP contribution < -0.4 is 5.73 Å². The van der Waals surface area contributed by atoms with Crippen molar-refractivity contribution >= 4 is 0 Å². The third-order valence-electron chi connectivity index (χ3n) is 4.46. The van der Waals surface area contributed by atoms with Gasteiger partial charge in [0.05, 0.1) is 17.8 Å². The molecule has 0 amide bonds. The molecule has 1 aliphatic rings. The summed E-state index contributed by atoms with van der Waals surface area (Å²) in [6.45, 7) is 4.31. The molecule has 0 saturated heterocycles. The number of nitrogens with zero attached hydrogens (tertiary/aromatic N) is 2. The molecule has 3 heteroatoms. The minimum absolute atomic E-state index is 0.00938. The van der Waals surface area contributed by atoms with E-state index < -0.39 is 0 Å². The highest BCUT2D eigenvalue weighted by atomic mass is 15.1. The standard InChI is InChI=1S/C17H23N3/c1-12(17(18)14-8-4-3-5-9-14)20-13(2)19-15-10-6-7-11-16(15)20/h3-5,8-9,12,17H,6-7,10-11,18H2,1-2H3. The van der Waals surface area contributed by atoms with Crippen molar-refractivity contribution in [3.8, 4) is 0 Å². The van der Waals surface area contributed by atoms with E-state index in [1.165, 1.54) is 29.8 Å². The normalized spacial score (nSPS) is 17.6. The summed E-state index contributed by atoms with van der Waals surface area (Å²) in [6, 6.07) is 10.6. The predicted molar refractivity (Wildman–Crippen MR) is 81.7 cm³/mol. The lowest BCUT2D eigenvalue weighted by molar-refractivity contribution is 0.427. The third-order valence-corrected chi connectivity index (χ3v) is 4.46. The monoisotopic (exact) mass is 269 g/mol. The Morgan fingerprint density at radius 2 is 1.85 bits per heavy atom. The Bertz CT molecular complexity index is 586. The zero-order valence-corrected chi connectivity index (χ0v) is 12.3. The molecule has 2 aromatic rings. The molecule has 20 heavy (non-hydrogen) atoms. The largest absolute Gasteiger partial charge is 0.327 e. The maximum atomic E-state index is 6.48. The molecule has 0 fully saturated rings. The first-order valence-electron chi connectivity index (χ1n) is 7.55. The summed E-state index contributed by atoms with van der Waals surface area (Å²) >= 11 is 0. The second kappa shape index (κ2) is 5.41. The van der Waals surface area contributed by atoms with Gasteiger partial charge in [0, 0.05) is 5.69 Å². The molecule has 3 nitrogen and oxygen atoms in total. The van der Waals surface area contributed by atoms with Crippen LogP contribution in [0.1, 0.15) is 54.6 Å². The highest BCUT2D eigenvalue weighted by Gasteiger charge is 2.24. The Hall–Kier alpha value is -1.61. The molecule has 3 rings (SSSR count). The Morgan fingerprint density at radius 1 is 1.15 bits per heavy atom. The van der Waals surface area contributed by atoms with Gasteiger partial charge in [0.15, 0.2) is 0 Å². The van der Waals surface area contributed by atoms with Crippen molar-refractivity contribution < 1.29 is 0 Å². The lowest BCUT2D eigenvalue weighted by Gasteiger charge is -2.26. The van der Waals surface area contributed by atoms with Crippen LogP contribution in [0.5, 0.6) is 0 Å². The van der Waals surface area contributed by atoms with Crippen molar-refractivity contribution in [1.82, 2.24) is 9.55 Å². The average molecular weight is 269 g/mol. The fraction of sp³-hybridized carbons (Fsp3) is 0.471. The van der Waals surface area contributed by atoms with E-state index >= 15 is 0 Å². The topological polar surface area (TPSA) is 43.8 Å². The Kier molecular flexibility index (Phi) is 3.62. The highest BCUT2D eigenvalue weighted by Crippen LogP contribution is 2.30. The fourth-order valence-electron chi connectivity index (χ4n) is 3.35. The van der Waals surface area contributed by atoms with Crippen molar-refractivity contribution in [1.29, 1.82) is 0 Å². The number of aryl methyl sites for hydroxylation is 2. The van der Waals surface area contributed by atoms with Crippen molar-refractivity contribution in [2.45, 2.75) is 51.6 Å². The SMILES string of the molecule is Cc1nc2c(n1C(C)C(N)c1ccccc1)CCCC2. The maximum Gasteiger partial charge on any atom is 0.106 e. The van der Waals surface area contributed by atoms with Gasteiger partial charge in [0.25, 0.3) is 0 Å². The summed E-state index contributed by atoms with van der Waals surface area (Å²) in [5.74, 6) is 1.11. The zero-order chi connectivity index (χ0) is 14.1. The quantitative estimate of drug-likeness (QED) is 0.928. The molecule has 106 valence electrons. The van der Waals surface area contributed by atoms with E-state index in [0.29, 0.717) is 0 Å². The van der Waals surface area contributed by atoms with Gasteiger partial charge in [-0.05, 0) is 45.1 Å². The van der Waals surface area contributed by atoms with Crippen LogP contribution in [0, 0.1) is 6.92 Å². The van der Waals surface area contributed by atoms with Gasteiger partial charge in [-0.25, -0.2) is 4.98 Å². The molecule has 1 aromatic carbocycles. The first-order valence-corrected chi connectivity index (χ1v) is 7.55. The van der Waals surface area contributed by atoms with E-state index in [0.717, 1.165) is 18.7 Å². The molecule has 0 saturated carbocycles. The molecular formula is C17H23N3. The predicted octanol–water partition coefficient (Wildman–Crippen LogP) is 3.33. The summed E-state index contributed by atoms with van der Waals surface area (Å²) in [7, 11) is 0. The number of aromatic nitrogens is 2. The highest BCUT2D eigenvalue weighted by molar-refractivity contribution is 5.24. The Labute approximate surface area is 120 Å². The summed E-state index contributed by atoms with van der Waals surface area (Å²) in [6.07, 6.45) is 4.80. The zero-order valence-electron chi connectivity index (χ0n) is 12.3. The fourth-order valence-corrected chi connectivity index (χ4v) is 3.35. The number of fused-ring (bicyclic) bond motifs is 1. The molecule has 2 atom stereocenters. The van der Waals surface area contributed by atoms with E-state index in [-0.39, 0.29) is 12.1 Å². The van der Waals surface area contributed by atoms with Crippen LogP contribution in [0.15, 0.2) is 30.3 Å². The van der Waals surface area contributed by atoms with E-state index in [1.54, 1.807) is 0 Å². The van der Waals surface area contributed by atoms with Gasteiger partial charge >= 0.3 is 0 Å². The lowest BCUT2D eigenvalue weighted by Crippen LogP contribution is -2.25. The van der Waals surface area contributed by atoms with E-state index in [1.807, 2.05) is 6.07 Å². The van der Waals surface area contributed by atoms with Crippen molar-refractivity contribution in [2.24, 2.45) is 5.73 Å². The molecule has 0 bridgehead atoms. The number of benzene rings is 1. The minimum atomic E-state index is 0.00938. The number of rotatable bonds is 3. The van der Waals surface area contributed by atoms with E-state index in [4.69, 9.17) is 10.7 Å². The van der Waals surface area contributed by atoms with Crippen LogP contribution in [0.2, 0.25) is 0 Å². The second-order valence-corrected chi connectivity index (χ2v) is 5.81. The van der Waals surface area contributed by atoms with Crippen LogP contribution >= 0.6 is 0 Å². The molecule has 2 N–H and O–H groups in total. The Balaban J connectivity index is 1.94. The molecular weight excluding hydrogens is 246 g/mol. The second-order valence-electron chi connectivity index (χ2n) is 5.81. The molecule has 1 heterocycles. The number of imidazole rings is 1. The van der Waals surface area contributed by atoms with Crippen molar-refractivity contribution in [3.05, 3.63) is 53.1 Å². The number of hydrogen-bond acceptors (Lipinski definition) is 2. The minimum Gasteiger partial charge on any atom is -0.327 e. The van der Waals surface area contributed by atoms with Gasteiger partial charge in [-0.1, -0.05) is 30.3 Å². The van der Waals surface area contributed by atoms with E-state index in [2.05, 4.69) is 42.7 Å². The van der Waals surface area contributed by atoms with E-state index in [9.17, 15) is 0 Å². The molecule has 1 aromatic heterocycles. The molecule has 2 unspecified atom stereocenters. The van der Waals surface area contributed by atoms with Gasteiger partial charge in [0.2, 0.25) is 0 Å². The summed E-state index contributed by atoms with van der Waals surface area (Å²) < 4.78 is 2.37. The van der Waals surface area contributed by atoms with Gasteiger partial charge in [-0.2, -0.15) is 0 Å². The summed E-state index contributed by atoms with van der Waals surface area (Å²) in [4.78, 5) is 4.76. The molecule has 1 aliphatic carbocycles. The lowest BCUT2D eigenvalue weighted by atomic mass is 9.98. The van der Waals surface area contributed by atoms with Crippen molar-refractivity contribution in [3.63, 3.8) is 0 Å². The third kappa shape index (κ3) is 2.27.